The van der Waals surface area contributed by atoms with E-state index in [0.29, 0.717) is 11.8 Å². The second-order valence-corrected chi connectivity index (χ2v) is 6.95. The fourth-order valence-corrected chi connectivity index (χ4v) is 5.54. The molecule has 0 aliphatic heterocycles. The molecule has 3 rings (SSSR count). The number of fused-ring (bicyclic) bond motifs is 3. The van der Waals surface area contributed by atoms with E-state index >= 15 is 0 Å². The third kappa shape index (κ3) is 2.13. The summed E-state index contributed by atoms with van der Waals surface area (Å²) in [5.41, 5.74) is 0. The van der Waals surface area contributed by atoms with Crippen molar-refractivity contribution < 1.29 is 19.8 Å². The third-order valence-corrected chi connectivity index (χ3v) is 6.18. The first kappa shape index (κ1) is 13.9. The lowest BCUT2D eigenvalue weighted by Gasteiger charge is -2.53. The molecular weight excluding hydrogens is 256 g/mol. The van der Waals surface area contributed by atoms with Gasteiger partial charge < -0.3 is 10.2 Å². The van der Waals surface area contributed by atoms with E-state index < -0.39 is 23.8 Å². The molecular formula is C16H24O4. The SMILES string of the molecule is O=C(O)[C@@H]1[C@H]2CCCC[C@@H]2[C@@H]2CCCC[C@@H]2[C@@H]1C(=O)O. The van der Waals surface area contributed by atoms with Crippen molar-refractivity contribution in [3.05, 3.63) is 0 Å². The average molecular weight is 280 g/mol. The molecule has 4 nitrogen and oxygen atoms in total. The van der Waals surface area contributed by atoms with Crippen LogP contribution >= 0.6 is 0 Å². The van der Waals surface area contributed by atoms with E-state index in [0.717, 1.165) is 38.5 Å². The molecule has 0 radical (unpaired) electrons. The van der Waals surface area contributed by atoms with Crippen molar-refractivity contribution in [1.82, 2.24) is 0 Å². The standard InChI is InChI=1S/C16H24O4/c17-15(18)13-11-7-3-1-5-9(11)10-6-2-4-8-12(10)14(13)16(19)20/h9-14H,1-8H2,(H,17,18)(H,19,20)/t9-,10+,11-,12-,13-,14+/m0/s1. The summed E-state index contributed by atoms with van der Waals surface area (Å²) in [6.45, 7) is 0. The molecule has 3 fully saturated rings. The molecule has 20 heavy (non-hydrogen) atoms. The van der Waals surface area contributed by atoms with Gasteiger partial charge in [0, 0.05) is 0 Å². The molecule has 4 heteroatoms. The van der Waals surface area contributed by atoms with Gasteiger partial charge in [-0.25, -0.2) is 0 Å². The highest BCUT2D eigenvalue weighted by Crippen LogP contribution is 2.56. The van der Waals surface area contributed by atoms with Crippen molar-refractivity contribution in [1.29, 1.82) is 0 Å². The molecule has 0 aromatic rings. The Hall–Kier alpha value is -1.06. The molecule has 3 aliphatic carbocycles. The van der Waals surface area contributed by atoms with Gasteiger partial charge in [0.2, 0.25) is 0 Å². The van der Waals surface area contributed by atoms with E-state index in [1.165, 1.54) is 12.8 Å². The number of hydrogen-bond acceptors (Lipinski definition) is 2. The second-order valence-electron chi connectivity index (χ2n) is 6.95. The third-order valence-electron chi connectivity index (χ3n) is 6.18. The largest absolute Gasteiger partial charge is 0.481 e. The maximum absolute atomic E-state index is 11.7. The fraction of sp³-hybridized carbons (Fsp3) is 0.875. The van der Waals surface area contributed by atoms with Gasteiger partial charge in [0.25, 0.3) is 0 Å². The summed E-state index contributed by atoms with van der Waals surface area (Å²) in [5.74, 6) is -1.94. The summed E-state index contributed by atoms with van der Waals surface area (Å²) >= 11 is 0. The zero-order chi connectivity index (χ0) is 14.3. The van der Waals surface area contributed by atoms with Crippen LogP contribution in [0.5, 0.6) is 0 Å². The number of hydrogen-bond donors (Lipinski definition) is 2. The summed E-state index contributed by atoms with van der Waals surface area (Å²) < 4.78 is 0. The minimum absolute atomic E-state index is 0.0988. The van der Waals surface area contributed by atoms with Crippen LogP contribution in [0.4, 0.5) is 0 Å². The van der Waals surface area contributed by atoms with Gasteiger partial charge in [-0.3, -0.25) is 9.59 Å². The van der Waals surface area contributed by atoms with Crippen molar-refractivity contribution >= 4 is 11.9 Å². The number of rotatable bonds is 2. The zero-order valence-electron chi connectivity index (χ0n) is 11.8. The van der Waals surface area contributed by atoms with Crippen LogP contribution < -0.4 is 0 Å². The molecule has 0 spiro atoms. The van der Waals surface area contributed by atoms with Crippen LogP contribution in [-0.4, -0.2) is 22.2 Å². The Balaban J connectivity index is 1.98. The lowest BCUT2D eigenvalue weighted by molar-refractivity contribution is -0.172. The van der Waals surface area contributed by atoms with Crippen molar-refractivity contribution in [2.45, 2.75) is 51.4 Å². The molecule has 0 aromatic carbocycles. The molecule has 0 amide bonds. The maximum atomic E-state index is 11.7. The summed E-state index contributed by atoms with van der Waals surface area (Å²) in [6.07, 6.45) is 8.56. The number of carboxylic acid groups (broad SMARTS) is 2. The summed E-state index contributed by atoms with van der Waals surface area (Å²) in [4.78, 5) is 23.5. The Morgan fingerprint density at radius 1 is 0.600 bits per heavy atom. The van der Waals surface area contributed by atoms with Crippen LogP contribution in [0.3, 0.4) is 0 Å². The van der Waals surface area contributed by atoms with Crippen LogP contribution in [0, 0.1) is 35.5 Å². The Kier molecular flexibility index (Phi) is 3.74. The minimum Gasteiger partial charge on any atom is -0.481 e. The monoisotopic (exact) mass is 280 g/mol. The highest BCUT2D eigenvalue weighted by molar-refractivity contribution is 5.81. The van der Waals surface area contributed by atoms with E-state index in [1.807, 2.05) is 0 Å². The molecule has 3 saturated carbocycles. The van der Waals surface area contributed by atoms with Gasteiger partial charge in [0.15, 0.2) is 0 Å². The molecule has 6 atom stereocenters. The Bertz CT molecular complexity index is 367. The quantitative estimate of drug-likeness (QED) is 0.815. The molecule has 0 saturated heterocycles. The van der Waals surface area contributed by atoms with Gasteiger partial charge in [-0.05, 0) is 49.4 Å². The van der Waals surface area contributed by atoms with Gasteiger partial charge in [0.1, 0.15) is 0 Å². The normalized spacial score (nSPS) is 44.2. The van der Waals surface area contributed by atoms with E-state index in [2.05, 4.69) is 0 Å². The molecule has 0 aromatic heterocycles. The predicted molar refractivity (Wildman–Crippen MR) is 73.1 cm³/mol. The maximum Gasteiger partial charge on any atom is 0.307 e. The van der Waals surface area contributed by atoms with Crippen LogP contribution in [0.2, 0.25) is 0 Å². The van der Waals surface area contributed by atoms with E-state index in [4.69, 9.17) is 0 Å². The van der Waals surface area contributed by atoms with Gasteiger partial charge in [-0.1, -0.05) is 25.7 Å². The fourth-order valence-electron chi connectivity index (χ4n) is 5.54. The molecule has 112 valence electrons. The summed E-state index contributed by atoms with van der Waals surface area (Å²) in [7, 11) is 0. The van der Waals surface area contributed by atoms with Gasteiger partial charge in [0.05, 0.1) is 11.8 Å². The molecule has 0 bridgehead atoms. The topological polar surface area (TPSA) is 74.6 Å². The van der Waals surface area contributed by atoms with Crippen LogP contribution in [-0.2, 0) is 9.59 Å². The van der Waals surface area contributed by atoms with Crippen LogP contribution in [0.15, 0.2) is 0 Å². The summed E-state index contributed by atoms with van der Waals surface area (Å²) in [5, 5.41) is 19.2. The molecule has 3 aliphatic rings. The van der Waals surface area contributed by atoms with E-state index in [-0.39, 0.29) is 11.8 Å². The lowest BCUT2D eigenvalue weighted by Crippen LogP contribution is -2.53. The smallest absolute Gasteiger partial charge is 0.307 e. The van der Waals surface area contributed by atoms with Crippen LogP contribution in [0.25, 0.3) is 0 Å². The van der Waals surface area contributed by atoms with E-state index in [1.54, 1.807) is 0 Å². The number of carboxylic acids is 2. The minimum atomic E-state index is -0.877. The second kappa shape index (κ2) is 5.38. The zero-order valence-corrected chi connectivity index (χ0v) is 11.8. The Morgan fingerprint density at radius 2 is 0.900 bits per heavy atom. The summed E-state index contributed by atoms with van der Waals surface area (Å²) in [6, 6.07) is 0. The first-order chi connectivity index (χ1) is 9.61. The van der Waals surface area contributed by atoms with Crippen molar-refractivity contribution in [2.24, 2.45) is 35.5 Å². The van der Waals surface area contributed by atoms with Crippen molar-refractivity contribution in [3.8, 4) is 0 Å². The lowest BCUT2D eigenvalue weighted by atomic mass is 9.50. The molecule has 0 unspecified atom stereocenters. The average Bonchev–Trinajstić information content (AvgIpc) is 2.45. The number of aliphatic carboxylic acids is 2. The van der Waals surface area contributed by atoms with E-state index in [9.17, 15) is 19.8 Å². The van der Waals surface area contributed by atoms with Gasteiger partial charge in [-0.2, -0.15) is 0 Å². The highest BCUT2D eigenvalue weighted by Gasteiger charge is 2.55. The van der Waals surface area contributed by atoms with Gasteiger partial charge >= 0.3 is 11.9 Å². The molecule has 2 N–H and O–H groups in total. The predicted octanol–water partition coefficient (Wildman–Crippen LogP) is 3.01. The van der Waals surface area contributed by atoms with Crippen molar-refractivity contribution in [2.75, 3.05) is 0 Å². The number of carbonyl (C=O) groups is 2. The van der Waals surface area contributed by atoms with Gasteiger partial charge in [-0.15, -0.1) is 0 Å². The Labute approximate surface area is 119 Å². The molecule has 0 heterocycles. The van der Waals surface area contributed by atoms with Crippen LogP contribution in [0.1, 0.15) is 51.4 Å². The van der Waals surface area contributed by atoms with Crippen molar-refractivity contribution in [3.63, 3.8) is 0 Å². The Morgan fingerprint density at radius 3 is 1.20 bits per heavy atom. The highest BCUT2D eigenvalue weighted by atomic mass is 16.4. The first-order valence-electron chi connectivity index (χ1n) is 8.07. The first-order valence-corrected chi connectivity index (χ1v) is 8.07.